The van der Waals surface area contributed by atoms with Crippen LogP contribution in [-0.4, -0.2) is 9.55 Å². The molecule has 0 bridgehead atoms. The summed E-state index contributed by atoms with van der Waals surface area (Å²) in [6.07, 6.45) is 1.60. The monoisotopic (exact) mass is 241 g/mol. The quantitative estimate of drug-likeness (QED) is 0.711. The summed E-state index contributed by atoms with van der Waals surface area (Å²) < 4.78 is 15.6. The van der Waals surface area contributed by atoms with Crippen molar-refractivity contribution >= 4 is 16.6 Å². The second kappa shape index (κ2) is 3.84. The number of para-hydroxylation sites is 1. The van der Waals surface area contributed by atoms with E-state index in [9.17, 15) is 4.39 Å². The Morgan fingerprint density at radius 1 is 1.22 bits per heavy atom. The van der Waals surface area contributed by atoms with Crippen LogP contribution in [0.2, 0.25) is 0 Å². The second-order valence-corrected chi connectivity index (χ2v) is 4.24. The van der Waals surface area contributed by atoms with E-state index in [-0.39, 0.29) is 5.82 Å². The molecule has 0 fully saturated rings. The Bertz CT molecular complexity index is 714. The number of nitrogens with two attached hydrogens (primary N) is 1. The lowest BCUT2D eigenvalue weighted by Crippen LogP contribution is -1.95. The summed E-state index contributed by atoms with van der Waals surface area (Å²) in [5, 5.41) is 0.867. The SMILES string of the molecule is Cn1c(-c2ccc(N)cn2)cc2cccc(F)c21. The predicted octanol–water partition coefficient (Wildman–Crippen LogP) is 2.96. The van der Waals surface area contributed by atoms with Gasteiger partial charge in [0.15, 0.2) is 0 Å². The van der Waals surface area contributed by atoms with E-state index in [1.807, 2.05) is 29.8 Å². The number of benzene rings is 1. The molecule has 18 heavy (non-hydrogen) atoms. The normalized spacial score (nSPS) is 11.0. The van der Waals surface area contributed by atoms with Gasteiger partial charge in [0.2, 0.25) is 0 Å². The average Bonchev–Trinajstić information content (AvgIpc) is 2.69. The highest BCUT2D eigenvalue weighted by atomic mass is 19.1. The molecule has 0 aliphatic carbocycles. The van der Waals surface area contributed by atoms with Gasteiger partial charge in [0, 0.05) is 12.4 Å². The number of nitrogen functional groups attached to an aromatic ring is 1. The first-order chi connectivity index (χ1) is 8.66. The first-order valence-corrected chi connectivity index (χ1v) is 5.62. The number of rotatable bonds is 1. The Morgan fingerprint density at radius 3 is 2.72 bits per heavy atom. The first kappa shape index (κ1) is 10.8. The minimum Gasteiger partial charge on any atom is -0.397 e. The van der Waals surface area contributed by atoms with Crippen molar-refractivity contribution in [1.82, 2.24) is 9.55 Å². The highest BCUT2D eigenvalue weighted by Gasteiger charge is 2.11. The topological polar surface area (TPSA) is 43.8 Å². The van der Waals surface area contributed by atoms with Crippen LogP contribution in [0.3, 0.4) is 0 Å². The van der Waals surface area contributed by atoms with E-state index < -0.39 is 0 Å². The van der Waals surface area contributed by atoms with E-state index in [1.165, 1.54) is 6.07 Å². The molecule has 0 radical (unpaired) electrons. The highest BCUT2D eigenvalue weighted by Crippen LogP contribution is 2.27. The van der Waals surface area contributed by atoms with Crippen LogP contribution in [0.4, 0.5) is 10.1 Å². The van der Waals surface area contributed by atoms with Crippen molar-refractivity contribution in [2.45, 2.75) is 0 Å². The number of halogens is 1. The van der Waals surface area contributed by atoms with Gasteiger partial charge >= 0.3 is 0 Å². The van der Waals surface area contributed by atoms with E-state index in [4.69, 9.17) is 5.73 Å². The van der Waals surface area contributed by atoms with Crippen molar-refractivity contribution in [2.24, 2.45) is 7.05 Å². The van der Waals surface area contributed by atoms with Crippen molar-refractivity contribution in [1.29, 1.82) is 0 Å². The van der Waals surface area contributed by atoms with Gasteiger partial charge in [-0.2, -0.15) is 0 Å². The molecule has 0 aliphatic heterocycles. The highest BCUT2D eigenvalue weighted by molar-refractivity contribution is 5.86. The Morgan fingerprint density at radius 2 is 2.06 bits per heavy atom. The Hall–Kier alpha value is -2.36. The van der Waals surface area contributed by atoms with Crippen LogP contribution in [0, 0.1) is 5.82 Å². The van der Waals surface area contributed by atoms with Crippen molar-refractivity contribution in [2.75, 3.05) is 5.73 Å². The largest absolute Gasteiger partial charge is 0.397 e. The number of hydrogen-bond donors (Lipinski definition) is 1. The minimum absolute atomic E-state index is 0.225. The lowest BCUT2D eigenvalue weighted by Gasteiger charge is -2.04. The number of anilines is 1. The van der Waals surface area contributed by atoms with Crippen LogP contribution in [0.25, 0.3) is 22.3 Å². The standard InChI is InChI=1S/C14H12FN3/c1-18-13(12-6-5-10(16)8-17-12)7-9-3-2-4-11(15)14(9)18/h2-8H,16H2,1H3. The molecular weight excluding hydrogens is 229 g/mol. The van der Waals surface area contributed by atoms with Crippen LogP contribution in [0.15, 0.2) is 42.6 Å². The maximum absolute atomic E-state index is 13.8. The summed E-state index contributed by atoms with van der Waals surface area (Å²) in [7, 11) is 1.83. The third kappa shape index (κ3) is 1.54. The summed E-state index contributed by atoms with van der Waals surface area (Å²) in [4.78, 5) is 4.27. The van der Waals surface area contributed by atoms with E-state index in [0.717, 1.165) is 16.8 Å². The molecule has 0 atom stereocenters. The number of aryl methyl sites for hydroxylation is 1. The lowest BCUT2D eigenvalue weighted by molar-refractivity contribution is 0.632. The lowest BCUT2D eigenvalue weighted by atomic mass is 10.2. The fraction of sp³-hybridized carbons (Fsp3) is 0.0714. The Labute approximate surface area is 104 Å². The van der Waals surface area contributed by atoms with Gasteiger partial charge in [-0.05, 0) is 24.3 Å². The molecular formula is C14H12FN3. The molecule has 2 heterocycles. The molecule has 0 saturated carbocycles. The molecule has 2 N–H and O–H groups in total. The molecule has 0 spiro atoms. The van der Waals surface area contributed by atoms with Gasteiger partial charge in [-0.1, -0.05) is 12.1 Å². The number of hydrogen-bond acceptors (Lipinski definition) is 2. The summed E-state index contributed by atoms with van der Waals surface area (Å²) >= 11 is 0. The van der Waals surface area contributed by atoms with Gasteiger partial charge in [-0.25, -0.2) is 4.39 Å². The third-order valence-corrected chi connectivity index (χ3v) is 3.06. The number of nitrogens with zero attached hydrogens (tertiary/aromatic N) is 2. The molecule has 0 saturated heterocycles. The molecule has 1 aromatic carbocycles. The summed E-state index contributed by atoms with van der Waals surface area (Å²) in [5.41, 5.74) is 8.47. The number of pyridine rings is 1. The van der Waals surface area contributed by atoms with E-state index in [1.54, 1.807) is 18.3 Å². The van der Waals surface area contributed by atoms with E-state index >= 15 is 0 Å². The summed E-state index contributed by atoms with van der Waals surface area (Å²) in [6, 6.07) is 10.6. The van der Waals surface area contributed by atoms with Crippen molar-refractivity contribution in [3.05, 3.63) is 48.4 Å². The molecule has 90 valence electrons. The number of aromatic nitrogens is 2. The van der Waals surface area contributed by atoms with Gasteiger partial charge in [0.05, 0.1) is 28.8 Å². The zero-order chi connectivity index (χ0) is 12.7. The first-order valence-electron chi connectivity index (χ1n) is 5.62. The van der Waals surface area contributed by atoms with E-state index in [2.05, 4.69) is 4.98 Å². The van der Waals surface area contributed by atoms with Crippen LogP contribution >= 0.6 is 0 Å². The molecule has 3 aromatic rings. The average molecular weight is 241 g/mol. The zero-order valence-electron chi connectivity index (χ0n) is 9.89. The smallest absolute Gasteiger partial charge is 0.147 e. The maximum atomic E-state index is 13.8. The molecule has 0 unspecified atom stereocenters. The van der Waals surface area contributed by atoms with Crippen molar-refractivity contribution < 1.29 is 4.39 Å². The molecule has 3 nitrogen and oxygen atoms in total. The van der Waals surface area contributed by atoms with Gasteiger partial charge < -0.3 is 10.3 Å². The van der Waals surface area contributed by atoms with Crippen LogP contribution in [0.1, 0.15) is 0 Å². The van der Waals surface area contributed by atoms with Gasteiger partial charge in [-0.3, -0.25) is 4.98 Å². The van der Waals surface area contributed by atoms with Crippen molar-refractivity contribution in [3.8, 4) is 11.4 Å². The summed E-state index contributed by atoms with van der Waals surface area (Å²) in [5.74, 6) is -0.225. The van der Waals surface area contributed by atoms with Crippen molar-refractivity contribution in [3.63, 3.8) is 0 Å². The molecule has 3 rings (SSSR count). The summed E-state index contributed by atoms with van der Waals surface area (Å²) in [6.45, 7) is 0. The fourth-order valence-electron chi connectivity index (χ4n) is 2.17. The zero-order valence-corrected chi connectivity index (χ0v) is 9.89. The van der Waals surface area contributed by atoms with Crippen LogP contribution < -0.4 is 5.73 Å². The van der Waals surface area contributed by atoms with Crippen LogP contribution in [0.5, 0.6) is 0 Å². The number of fused-ring (bicyclic) bond motifs is 1. The van der Waals surface area contributed by atoms with Gasteiger partial charge in [0.25, 0.3) is 0 Å². The Balaban J connectivity index is 2.27. The van der Waals surface area contributed by atoms with Gasteiger partial charge in [0.1, 0.15) is 5.82 Å². The minimum atomic E-state index is -0.225. The molecule has 0 amide bonds. The molecule has 0 aliphatic rings. The maximum Gasteiger partial charge on any atom is 0.147 e. The Kier molecular flexibility index (Phi) is 2.30. The molecule has 2 aromatic heterocycles. The fourth-order valence-corrected chi connectivity index (χ4v) is 2.17. The van der Waals surface area contributed by atoms with E-state index in [0.29, 0.717) is 11.2 Å². The molecule has 4 heteroatoms. The second-order valence-electron chi connectivity index (χ2n) is 4.24. The van der Waals surface area contributed by atoms with Gasteiger partial charge in [-0.15, -0.1) is 0 Å². The third-order valence-electron chi connectivity index (χ3n) is 3.06. The predicted molar refractivity (Wildman–Crippen MR) is 70.5 cm³/mol. The van der Waals surface area contributed by atoms with Crippen LogP contribution in [-0.2, 0) is 7.05 Å².